The number of aromatic hydroxyl groups is 1. The van der Waals surface area contributed by atoms with Crippen molar-refractivity contribution in [2.24, 2.45) is 0 Å². The predicted molar refractivity (Wildman–Crippen MR) is 80.9 cm³/mol. The van der Waals surface area contributed by atoms with Gasteiger partial charge in [0.15, 0.2) is 0 Å². The average Bonchev–Trinajstić information content (AvgIpc) is 2.48. The molecule has 1 aliphatic heterocycles. The molecule has 2 aliphatic rings. The van der Waals surface area contributed by atoms with Gasteiger partial charge in [0.05, 0.1) is 0 Å². The number of fused-ring (bicyclic) bond motifs is 2. The van der Waals surface area contributed by atoms with Gasteiger partial charge in [0.2, 0.25) is 0 Å². The zero-order valence-electron chi connectivity index (χ0n) is 11.8. The van der Waals surface area contributed by atoms with Gasteiger partial charge < -0.3 is 5.11 Å². The van der Waals surface area contributed by atoms with Crippen LogP contribution in [0.5, 0.6) is 5.75 Å². The van der Waals surface area contributed by atoms with E-state index in [0.717, 1.165) is 31.5 Å². The number of benzene rings is 2. The van der Waals surface area contributed by atoms with Crippen molar-refractivity contribution in [2.75, 3.05) is 13.1 Å². The summed E-state index contributed by atoms with van der Waals surface area (Å²) in [6.07, 6.45) is 2.14. The summed E-state index contributed by atoms with van der Waals surface area (Å²) in [6.45, 7) is 4.48. The zero-order valence-corrected chi connectivity index (χ0v) is 11.8. The van der Waals surface area contributed by atoms with E-state index in [4.69, 9.17) is 0 Å². The molecule has 0 bridgehead atoms. The Labute approximate surface area is 119 Å². The Morgan fingerprint density at radius 1 is 1.15 bits per heavy atom. The number of hydrogen-bond acceptors (Lipinski definition) is 2. The van der Waals surface area contributed by atoms with Crippen LogP contribution in [0.3, 0.4) is 0 Å². The fraction of sp³-hybridized carbons (Fsp3) is 0.333. The lowest BCUT2D eigenvalue weighted by atomic mass is 9.77. The van der Waals surface area contributed by atoms with Crippen molar-refractivity contribution in [2.45, 2.75) is 25.8 Å². The van der Waals surface area contributed by atoms with E-state index in [1.165, 1.54) is 22.3 Å². The summed E-state index contributed by atoms with van der Waals surface area (Å²) in [4.78, 5) is 2.57. The van der Waals surface area contributed by atoms with E-state index in [1.54, 1.807) is 6.07 Å². The predicted octanol–water partition coefficient (Wildman–Crippen LogP) is 3.53. The van der Waals surface area contributed by atoms with Crippen LogP contribution in [0.4, 0.5) is 0 Å². The molecule has 0 spiro atoms. The Kier molecular flexibility index (Phi) is 2.61. The molecule has 0 amide bonds. The molecule has 2 aromatic carbocycles. The summed E-state index contributed by atoms with van der Waals surface area (Å²) in [7, 11) is 0. The third-order valence-electron chi connectivity index (χ3n) is 4.86. The van der Waals surface area contributed by atoms with Gasteiger partial charge in [-0.2, -0.15) is 0 Å². The molecule has 0 radical (unpaired) electrons. The maximum absolute atomic E-state index is 10.3. The van der Waals surface area contributed by atoms with E-state index in [0.29, 0.717) is 11.8 Å². The average molecular weight is 265 g/mol. The van der Waals surface area contributed by atoms with Crippen LogP contribution in [-0.2, 0) is 12.8 Å². The molecule has 2 nitrogen and oxygen atoms in total. The second kappa shape index (κ2) is 4.35. The summed E-state index contributed by atoms with van der Waals surface area (Å²) in [6, 6.07) is 13.0. The van der Waals surface area contributed by atoms with Gasteiger partial charge in [-0.1, -0.05) is 37.3 Å². The summed E-state index contributed by atoms with van der Waals surface area (Å²) in [5, 5.41) is 10.3. The van der Waals surface area contributed by atoms with E-state index in [2.05, 4.69) is 36.1 Å². The first-order chi connectivity index (χ1) is 9.79. The van der Waals surface area contributed by atoms with Crippen LogP contribution in [0, 0.1) is 0 Å². The van der Waals surface area contributed by atoms with E-state index in [-0.39, 0.29) is 0 Å². The lowest BCUT2D eigenvalue weighted by molar-refractivity contribution is 0.192. The highest BCUT2D eigenvalue weighted by atomic mass is 16.3. The Morgan fingerprint density at radius 3 is 2.80 bits per heavy atom. The lowest BCUT2D eigenvalue weighted by Crippen LogP contribution is -2.38. The van der Waals surface area contributed by atoms with Crippen molar-refractivity contribution >= 4 is 0 Å². The van der Waals surface area contributed by atoms with Crippen molar-refractivity contribution in [1.29, 1.82) is 0 Å². The van der Waals surface area contributed by atoms with Crippen LogP contribution >= 0.6 is 0 Å². The number of phenols is 1. The highest BCUT2D eigenvalue weighted by Crippen LogP contribution is 2.47. The fourth-order valence-corrected chi connectivity index (χ4v) is 3.93. The third kappa shape index (κ3) is 1.55. The third-order valence-corrected chi connectivity index (χ3v) is 4.86. The van der Waals surface area contributed by atoms with E-state index >= 15 is 0 Å². The van der Waals surface area contributed by atoms with Crippen LogP contribution in [0.1, 0.15) is 29.7 Å². The fourth-order valence-electron chi connectivity index (χ4n) is 3.93. The van der Waals surface area contributed by atoms with Crippen LogP contribution in [0.15, 0.2) is 36.4 Å². The second-order valence-corrected chi connectivity index (χ2v) is 5.79. The minimum Gasteiger partial charge on any atom is -0.507 e. The van der Waals surface area contributed by atoms with E-state index in [9.17, 15) is 5.11 Å². The normalized spacial score (nSPS) is 20.4. The van der Waals surface area contributed by atoms with Crippen LogP contribution < -0.4 is 0 Å². The first kappa shape index (κ1) is 12.0. The molecule has 20 heavy (non-hydrogen) atoms. The molecule has 0 fully saturated rings. The number of likely N-dealkylation sites (N-methyl/N-ethyl adjacent to an activating group) is 1. The molecule has 2 heteroatoms. The van der Waals surface area contributed by atoms with Crippen molar-refractivity contribution in [3.8, 4) is 16.9 Å². The van der Waals surface area contributed by atoms with Crippen LogP contribution in [0.25, 0.3) is 11.1 Å². The Morgan fingerprint density at radius 2 is 1.95 bits per heavy atom. The molecule has 0 aromatic heterocycles. The second-order valence-electron chi connectivity index (χ2n) is 5.79. The van der Waals surface area contributed by atoms with Crippen molar-refractivity contribution in [3.05, 3.63) is 53.1 Å². The summed E-state index contributed by atoms with van der Waals surface area (Å²) in [5.74, 6) is 0.419. The maximum atomic E-state index is 10.3. The highest BCUT2D eigenvalue weighted by Gasteiger charge is 2.34. The minimum absolute atomic E-state index is 0.419. The van der Waals surface area contributed by atoms with Gasteiger partial charge in [-0.3, -0.25) is 4.90 Å². The number of rotatable bonds is 1. The summed E-state index contributed by atoms with van der Waals surface area (Å²) in [5.41, 5.74) is 6.49. The lowest BCUT2D eigenvalue weighted by Gasteiger charge is -2.41. The number of hydrogen-bond donors (Lipinski definition) is 1. The molecular weight excluding hydrogens is 246 g/mol. The maximum Gasteiger partial charge on any atom is 0.123 e. The first-order valence-corrected chi connectivity index (χ1v) is 7.46. The van der Waals surface area contributed by atoms with Gasteiger partial charge in [0.25, 0.3) is 0 Å². The van der Waals surface area contributed by atoms with Crippen molar-refractivity contribution < 1.29 is 5.11 Å². The highest BCUT2D eigenvalue weighted by molar-refractivity contribution is 5.80. The largest absolute Gasteiger partial charge is 0.507 e. The monoisotopic (exact) mass is 265 g/mol. The molecule has 1 atom stereocenters. The van der Waals surface area contributed by atoms with Crippen molar-refractivity contribution in [3.63, 3.8) is 0 Å². The van der Waals surface area contributed by atoms with Gasteiger partial charge in [0, 0.05) is 18.2 Å². The van der Waals surface area contributed by atoms with Crippen molar-refractivity contribution in [1.82, 2.24) is 4.90 Å². The van der Waals surface area contributed by atoms with Gasteiger partial charge in [-0.25, -0.2) is 0 Å². The van der Waals surface area contributed by atoms with Crippen LogP contribution in [-0.4, -0.2) is 23.1 Å². The molecule has 1 aliphatic carbocycles. The Balaban J connectivity index is 2.00. The van der Waals surface area contributed by atoms with Crippen LogP contribution in [0.2, 0.25) is 0 Å². The summed E-state index contributed by atoms with van der Waals surface area (Å²) >= 11 is 0. The Bertz CT molecular complexity index is 677. The molecule has 4 rings (SSSR count). The molecule has 1 heterocycles. The van der Waals surface area contributed by atoms with Gasteiger partial charge >= 0.3 is 0 Å². The standard InChI is InChI=1S/C18H19NO/c1-2-19-10-9-12-5-3-7-14-17(12)15(19)11-13-6-4-8-16(20)18(13)14/h3-8,15,20H,2,9-11H2,1H3. The molecule has 102 valence electrons. The molecular formula is C18H19NO. The number of nitrogens with zero attached hydrogens (tertiary/aromatic N) is 1. The topological polar surface area (TPSA) is 23.5 Å². The number of phenolic OH excluding ortho intramolecular Hbond substituents is 1. The molecule has 1 unspecified atom stereocenters. The summed E-state index contributed by atoms with van der Waals surface area (Å²) < 4.78 is 0. The Hall–Kier alpha value is -1.80. The van der Waals surface area contributed by atoms with Gasteiger partial charge in [-0.05, 0) is 47.7 Å². The quantitative estimate of drug-likeness (QED) is 0.852. The molecule has 0 saturated carbocycles. The zero-order chi connectivity index (χ0) is 13.7. The molecule has 0 saturated heterocycles. The van der Waals surface area contributed by atoms with Gasteiger partial charge in [0.1, 0.15) is 5.75 Å². The van der Waals surface area contributed by atoms with Gasteiger partial charge in [-0.15, -0.1) is 0 Å². The first-order valence-electron chi connectivity index (χ1n) is 7.46. The SMILES string of the molecule is CCN1CCc2cccc3c2C1Cc1cccc(O)c1-3. The van der Waals surface area contributed by atoms with E-state index < -0.39 is 0 Å². The smallest absolute Gasteiger partial charge is 0.123 e. The minimum atomic E-state index is 0.419. The molecule has 2 aromatic rings. The van der Waals surface area contributed by atoms with E-state index in [1.807, 2.05) is 6.07 Å². The molecule has 1 N–H and O–H groups in total.